The SMILES string of the molecule is CCCCN[SiH]1CCO[SiH2][SiH2]1. The van der Waals surface area contributed by atoms with Crippen LogP contribution in [0.2, 0.25) is 6.04 Å². The third-order valence-electron chi connectivity index (χ3n) is 2.18. The van der Waals surface area contributed by atoms with Gasteiger partial charge in [-0.1, -0.05) is 13.3 Å². The van der Waals surface area contributed by atoms with Gasteiger partial charge in [0.15, 0.2) is 0 Å². The summed E-state index contributed by atoms with van der Waals surface area (Å²) in [6.45, 7) is 4.67. The van der Waals surface area contributed by atoms with E-state index in [4.69, 9.17) is 4.43 Å². The molecule has 0 aromatic carbocycles. The van der Waals surface area contributed by atoms with E-state index >= 15 is 0 Å². The topological polar surface area (TPSA) is 21.3 Å². The minimum atomic E-state index is -0.332. The predicted octanol–water partition coefficient (Wildman–Crippen LogP) is -1.21. The molecule has 1 unspecified atom stereocenters. The summed E-state index contributed by atoms with van der Waals surface area (Å²) >= 11 is 0. The van der Waals surface area contributed by atoms with Crippen molar-refractivity contribution < 1.29 is 4.43 Å². The molecule has 1 aliphatic rings. The normalized spacial score (nSPS) is 29.7. The quantitative estimate of drug-likeness (QED) is 0.460. The summed E-state index contributed by atoms with van der Waals surface area (Å²) in [6, 6.07) is 1.43. The van der Waals surface area contributed by atoms with Gasteiger partial charge in [-0.05, 0) is 19.0 Å². The molecular weight excluding hydrogens is 186 g/mol. The summed E-state index contributed by atoms with van der Waals surface area (Å²) in [5.74, 6) is 0. The third kappa shape index (κ3) is 4.22. The van der Waals surface area contributed by atoms with E-state index in [1.165, 1.54) is 25.4 Å². The average Bonchev–Trinajstić information content (AvgIpc) is 2.07. The van der Waals surface area contributed by atoms with Crippen molar-refractivity contribution in [3.63, 3.8) is 0 Å². The van der Waals surface area contributed by atoms with Gasteiger partial charge < -0.3 is 9.41 Å². The summed E-state index contributed by atoms with van der Waals surface area (Å²) < 4.78 is 5.50. The fourth-order valence-corrected chi connectivity index (χ4v) is 17.4. The van der Waals surface area contributed by atoms with Crippen LogP contribution in [0.15, 0.2) is 0 Å². The van der Waals surface area contributed by atoms with Crippen LogP contribution in [0.5, 0.6) is 0 Å². The van der Waals surface area contributed by atoms with Crippen LogP contribution < -0.4 is 4.98 Å². The van der Waals surface area contributed by atoms with Gasteiger partial charge >= 0.3 is 0 Å². The largest absolute Gasteiger partial charge is 0.428 e. The summed E-state index contributed by atoms with van der Waals surface area (Å²) in [6.07, 6.45) is 2.71. The van der Waals surface area contributed by atoms with Crippen LogP contribution in [0.4, 0.5) is 0 Å². The Balaban J connectivity index is 1.96. The molecule has 66 valence electrons. The first-order valence-corrected chi connectivity index (χ1v) is 14.0. The Morgan fingerprint density at radius 1 is 1.64 bits per heavy atom. The van der Waals surface area contributed by atoms with Crippen LogP contribution >= 0.6 is 0 Å². The minimum Gasteiger partial charge on any atom is -0.428 e. The third-order valence-corrected chi connectivity index (χ3v) is 19.6. The number of hydrogen-bond donors (Lipinski definition) is 1. The van der Waals surface area contributed by atoms with Crippen molar-refractivity contribution >= 4 is 26.3 Å². The first-order chi connectivity index (χ1) is 5.43. The summed E-state index contributed by atoms with van der Waals surface area (Å²) in [4.78, 5) is 3.78. The van der Waals surface area contributed by atoms with E-state index in [-0.39, 0.29) is 17.8 Å². The first-order valence-electron chi connectivity index (χ1n) is 4.74. The van der Waals surface area contributed by atoms with Crippen LogP contribution in [0.25, 0.3) is 0 Å². The predicted molar refractivity (Wildman–Crippen MR) is 57.9 cm³/mol. The highest BCUT2D eigenvalue weighted by Crippen LogP contribution is 1.95. The second-order valence-corrected chi connectivity index (χ2v) is 18.1. The Bertz CT molecular complexity index is 97.8. The second kappa shape index (κ2) is 6.13. The molecule has 2 nitrogen and oxygen atoms in total. The van der Waals surface area contributed by atoms with Gasteiger partial charge in [0.2, 0.25) is 0 Å². The maximum Gasteiger partial charge on any atom is 0.142 e. The van der Waals surface area contributed by atoms with E-state index in [9.17, 15) is 0 Å². The lowest BCUT2D eigenvalue weighted by molar-refractivity contribution is 0.366. The zero-order chi connectivity index (χ0) is 7.94. The molecular formula is C6H19NOSi3. The van der Waals surface area contributed by atoms with Crippen molar-refractivity contribution in [2.24, 2.45) is 0 Å². The molecule has 0 bridgehead atoms. The Hall–Kier alpha value is 0.571. The van der Waals surface area contributed by atoms with Gasteiger partial charge in [0.25, 0.3) is 0 Å². The van der Waals surface area contributed by atoms with Crippen LogP contribution in [0.1, 0.15) is 19.8 Å². The van der Waals surface area contributed by atoms with E-state index in [1.807, 2.05) is 0 Å². The van der Waals surface area contributed by atoms with Crippen molar-refractivity contribution in [1.29, 1.82) is 0 Å². The van der Waals surface area contributed by atoms with E-state index in [1.54, 1.807) is 0 Å². The molecule has 0 radical (unpaired) electrons. The smallest absolute Gasteiger partial charge is 0.142 e. The molecule has 1 N–H and O–H groups in total. The van der Waals surface area contributed by atoms with Crippen molar-refractivity contribution in [3.05, 3.63) is 0 Å². The first kappa shape index (κ1) is 9.66. The molecule has 0 aromatic heterocycles. The second-order valence-electron chi connectivity index (χ2n) is 3.19. The maximum absolute atomic E-state index is 5.50. The zero-order valence-corrected chi connectivity index (χ0v) is 11.4. The summed E-state index contributed by atoms with van der Waals surface area (Å²) in [5.41, 5.74) is 0. The Morgan fingerprint density at radius 3 is 3.18 bits per heavy atom. The molecule has 1 atom stereocenters. The standard InChI is InChI=1S/C6H19NOSi3/c1-2-3-4-7-11-6-5-8-9-10-11/h7,11H,2-6,9-10H2,1H3. The molecule has 5 heteroatoms. The van der Waals surface area contributed by atoms with Gasteiger partial charge in [0.05, 0.1) is 17.0 Å². The monoisotopic (exact) mass is 205 g/mol. The van der Waals surface area contributed by atoms with Gasteiger partial charge in [-0.15, -0.1) is 0 Å². The van der Waals surface area contributed by atoms with Crippen LogP contribution in [-0.4, -0.2) is 39.5 Å². The fraction of sp³-hybridized carbons (Fsp3) is 1.00. The number of rotatable bonds is 4. The van der Waals surface area contributed by atoms with E-state index in [2.05, 4.69) is 11.9 Å². The molecule has 0 aromatic rings. The van der Waals surface area contributed by atoms with E-state index in [0.717, 1.165) is 6.61 Å². The molecule has 0 amide bonds. The van der Waals surface area contributed by atoms with Crippen LogP contribution in [-0.2, 0) is 4.43 Å². The molecule has 0 saturated carbocycles. The fourth-order valence-electron chi connectivity index (χ4n) is 1.38. The summed E-state index contributed by atoms with van der Waals surface area (Å²) in [5, 5.41) is 0. The van der Waals surface area contributed by atoms with Gasteiger partial charge in [0, 0.05) is 6.61 Å². The van der Waals surface area contributed by atoms with Gasteiger partial charge in [-0.25, -0.2) is 0 Å². The molecule has 1 fully saturated rings. The minimum absolute atomic E-state index is 0.0649. The van der Waals surface area contributed by atoms with E-state index < -0.39 is 0 Å². The van der Waals surface area contributed by atoms with Crippen molar-refractivity contribution in [3.8, 4) is 0 Å². The molecule has 0 spiro atoms. The highest BCUT2D eigenvalue weighted by Gasteiger charge is 2.14. The van der Waals surface area contributed by atoms with Crippen molar-refractivity contribution in [2.75, 3.05) is 13.2 Å². The maximum atomic E-state index is 5.50. The molecule has 0 aliphatic carbocycles. The average molecular weight is 205 g/mol. The summed E-state index contributed by atoms with van der Waals surface area (Å²) in [7, 11) is 0.0717. The van der Waals surface area contributed by atoms with Crippen molar-refractivity contribution in [2.45, 2.75) is 25.8 Å². The van der Waals surface area contributed by atoms with Crippen LogP contribution in [0, 0.1) is 0 Å². The lowest BCUT2D eigenvalue weighted by atomic mass is 10.3. The molecule has 1 aliphatic heterocycles. The van der Waals surface area contributed by atoms with Gasteiger partial charge in [-0.2, -0.15) is 0 Å². The lowest BCUT2D eigenvalue weighted by Crippen LogP contribution is -2.47. The van der Waals surface area contributed by atoms with Gasteiger partial charge in [0.1, 0.15) is 9.28 Å². The van der Waals surface area contributed by atoms with Crippen LogP contribution in [0.3, 0.4) is 0 Å². The lowest BCUT2D eigenvalue weighted by Gasteiger charge is -2.20. The van der Waals surface area contributed by atoms with Gasteiger partial charge in [-0.3, -0.25) is 0 Å². The van der Waals surface area contributed by atoms with E-state index in [0.29, 0.717) is 8.55 Å². The zero-order valence-electron chi connectivity index (χ0n) is 7.44. The molecule has 1 rings (SSSR count). The number of nitrogens with one attached hydrogen (secondary N) is 1. The Morgan fingerprint density at radius 2 is 2.55 bits per heavy atom. The number of hydrogen-bond acceptors (Lipinski definition) is 2. The Kier molecular flexibility index (Phi) is 5.38. The molecule has 1 saturated heterocycles. The molecule has 11 heavy (non-hydrogen) atoms. The highest BCUT2D eigenvalue weighted by molar-refractivity contribution is 7.34. The molecule has 1 heterocycles. The highest BCUT2D eigenvalue weighted by atomic mass is 29.6. The number of unbranched alkanes of at least 4 members (excludes halogenated alkanes) is 1. The Labute approximate surface area is 75.1 Å². The van der Waals surface area contributed by atoms with Crippen molar-refractivity contribution in [1.82, 2.24) is 4.98 Å².